The summed E-state index contributed by atoms with van der Waals surface area (Å²) in [4.78, 5) is 18.2. The third kappa shape index (κ3) is 5.90. The lowest BCUT2D eigenvalue weighted by Crippen LogP contribution is -2.13. The summed E-state index contributed by atoms with van der Waals surface area (Å²) in [6.45, 7) is 0.438. The number of Topliss-reactive ketones (excluding diaryl/α,β-unsaturated/α-hetero) is 1. The van der Waals surface area contributed by atoms with Gasteiger partial charge in [-0.15, -0.1) is 0 Å². The number of nitrogens with zero attached hydrogens (tertiary/aromatic N) is 1. The first-order valence-electron chi connectivity index (χ1n) is 12.6. The molecule has 0 amide bonds. The molecule has 1 aliphatic carbocycles. The molecular weight excluding hydrogens is 502 g/mol. The van der Waals surface area contributed by atoms with Crippen LogP contribution in [0.15, 0.2) is 85.1 Å². The minimum atomic E-state index is -0.646. The molecule has 2 N–H and O–H groups in total. The van der Waals surface area contributed by atoms with Gasteiger partial charge in [0.1, 0.15) is 17.4 Å². The fourth-order valence-electron chi connectivity index (χ4n) is 5.19. The Hall–Kier alpha value is -3.67. The van der Waals surface area contributed by atoms with E-state index < -0.39 is 11.6 Å². The van der Waals surface area contributed by atoms with Crippen LogP contribution in [0.5, 0.6) is 0 Å². The number of allylic oxidation sites excluding steroid dienone is 2. The van der Waals surface area contributed by atoms with E-state index in [-0.39, 0.29) is 31.0 Å². The molecule has 3 nitrogen and oxygen atoms in total. The van der Waals surface area contributed by atoms with E-state index in [1.54, 1.807) is 18.3 Å². The number of hydrogen-bond acceptors (Lipinski definition) is 3. The Morgan fingerprint density at radius 2 is 1.71 bits per heavy atom. The quantitative estimate of drug-likeness (QED) is 0.245. The van der Waals surface area contributed by atoms with E-state index in [1.807, 2.05) is 30.3 Å². The van der Waals surface area contributed by atoms with Crippen LogP contribution in [0.2, 0.25) is 5.02 Å². The maximum Gasteiger partial charge on any atom is 0.137 e. The van der Waals surface area contributed by atoms with Gasteiger partial charge in [-0.3, -0.25) is 9.78 Å². The van der Waals surface area contributed by atoms with Crippen molar-refractivity contribution < 1.29 is 13.6 Å². The highest BCUT2D eigenvalue weighted by Gasteiger charge is 2.24. The molecule has 0 aliphatic heterocycles. The molecule has 1 atom stereocenters. The lowest BCUT2D eigenvalue weighted by molar-refractivity contribution is -0.118. The molecule has 0 bridgehead atoms. The van der Waals surface area contributed by atoms with Crippen LogP contribution < -0.4 is 5.73 Å². The van der Waals surface area contributed by atoms with Crippen molar-refractivity contribution in [1.82, 2.24) is 4.98 Å². The number of fused-ring (bicyclic) bond motifs is 1. The summed E-state index contributed by atoms with van der Waals surface area (Å²) in [6.07, 6.45) is 5.29. The van der Waals surface area contributed by atoms with Gasteiger partial charge in [-0.2, -0.15) is 0 Å². The lowest BCUT2D eigenvalue weighted by atomic mass is 9.85. The standard InChI is InChI=1S/C32H27ClF2N2O/c33-26-9-7-22(8-10-26)30-2-1-11-37-32(30)25(12-21-13-27(34)18-28(35)14-21)17-29(38)16-24-6-5-23-4-3-20(19-36)15-31(23)24/h1-4,6-11,13-15,18,25H,5,12,16-17,19,36H2/t25-/m1/s1. The summed E-state index contributed by atoms with van der Waals surface area (Å²) in [5.41, 5.74) is 13.1. The van der Waals surface area contributed by atoms with Crippen molar-refractivity contribution in [3.63, 3.8) is 0 Å². The Morgan fingerprint density at radius 3 is 2.45 bits per heavy atom. The van der Waals surface area contributed by atoms with Crippen molar-refractivity contribution in [2.24, 2.45) is 5.73 Å². The first kappa shape index (κ1) is 26.0. The number of aromatic nitrogens is 1. The van der Waals surface area contributed by atoms with E-state index in [2.05, 4.69) is 23.2 Å². The Labute approximate surface area is 226 Å². The zero-order valence-electron chi connectivity index (χ0n) is 20.8. The molecule has 1 aliphatic rings. The van der Waals surface area contributed by atoms with Crippen LogP contribution in [0.4, 0.5) is 8.78 Å². The van der Waals surface area contributed by atoms with Gasteiger partial charge in [0.05, 0.1) is 5.69 Å². The van der Waals surface area contributed by atoms with Crippen LogP contribution >= 0.6 is 11.6 Å². The van der Waals surface area contributed by atoms with Crippen molar-refractivity contribution >= 4 is 23.0 Å². The number of pyridine rings is 1. The SMILES string of the molecule is NCc1ccc2c(c1)C(CC(=O)C[C@@H](Cc1cc(F)cc(F)c1)c1ncccc1-c1ccc(Cl)cc1)=CC2. The average Bonchev–Trinajstić information content (AvgIpc) is 3.29. The summed E-state index contributed by atoms with van der Waals surface area (Å²) < 4.78 is 28.1. The van der Waals surface area contributed by atoms with Crippen LogP contribution in [0, 0.1) is 11.6 Å². The van der Waals surface area contributed by atoms with Crippen molar-refractivity contribution in [2.75, 3.05) is 0 Å². The summed E-state index contributed by atoms with van der Waals surface area (Å²) in [6, 6.07) is 20.8. The monoisotopic (exact) mass is 528 g/mol. The Balaban J connectivity index is 1.46. The minimum absolute atomic E-state index is 0.0387. The molecule has 3 aromatic carbocycles. The van der Waals surface area contributed by atoms with Gasteiger partial charge in [-0.25, -0.2) is 8.78 Å². The van der Waals surface area contributed by atoms with Crippen molar-refractivity contribution in [3.05, 3.63) is 130 Å². The number of carbonyl (C=O) groups excluding carboxylic acids is 1. The highest BCUT2D eigenvalue weighted by molar-refractivity contribution is 6.30. The van der Waals surface area contributed by atoms with Crippen LogP contribution in [-0.4, -0.2) is 10.8 Å². The summed E-state index contributed by atoms with van der Waals surface area (Å²) >= 11 is 6.10. The number of benzene rings is 3. The molecule has 1 heterocycles. The molecule has 0 spiro atoms. The summed E-state index contributed by atoms with van der Waals surface area (Å²) in [7, 11) is 0. The average molecular weight is 529 g/mol. The van der Waals surface area contributed by atoms with E-state index in [1.165, 1.54) is 17.7 Å². The molecule has 6 heteroatoms. The van der Waals surface area contributed by atoms with Gasteiger partial charge in [0, 0.05) is 48.2 Å². The predicted octanol–water partition coefficient (Wildman–Crippen LogP) is 7.45. The smallest absolute Gasteiger partial charge is 0.137 e. The highest BCUT2D eigenvalue weighted by atomic mass is 35.5. The zero-order valence-corrected chi connectivity index (χ0v) is 21.5. The molecule has 0 fully saturated rings. The Kier molecular flexibility index (Phi) is 7.77. The van der Waals surface area contributed by atoms with Gasteiger partial charge in [0.2, 0.25) is 0 Å². The number of hydrogen-bond donors (Lipinski definition) is 1. The predicted molar refractivity (Wildman–Crippen MR) is 148 cm³/mol. The van der Waals surface area contributed by atoms with E-state index in [4.69, 9.17) is 17.3 Å². The van der Waals surface area contributed by atoms with E-state index in [0.29, 0.717) is 22.8 Å². The third-order valence-electron chi connectivity index (χ3n) is 6.97. The fraction of sp³-hybridized carbons (Fsp3) is 0.188. The summed E-state index contributed by atoms with van der Waals surface area (Å²) in [5, 5.41) is 0.615. The second-order valence-corrected chi connectivity index (χ2v) is 10.1. The molecule has 0 saturated heterocycles. The second-order valence-electron chi connectivity index (χ2n) is 9.67. The lowest BCUT2D eigenvalue weighted by Gasteiger charge is -2.20. The highest BCUT2D eigenvalue weighted by Crippen LogP contribution is 2.36. The Bertz CT molecular complexity index is 1490. The molecule has 1 aromatic heterocycles. The van der Waals surface area contributed by atoms with Crippen LogP contribution in [0.3, 0.4) is 0 Å². The van der Waals surface area contributed by atoms with Gasteiger partial charge in [0.25, 0.3) is 0 Å². The minimum Gasteiger partial charge on any atom is -0.326 e. The van der Waals surface area contributed by atoms with Gasteiger partial charge in [-0.1, -0.05) is 48.0 Å². The van der Waals surface area contributed by atoms with E-state index in [9.17, 15) is 13.6 Å². The van der Waals surface area contributed by atoms with Gasteiger partial charge < -0.3 is 5.73 Å². The molecule has 192 valence electrons. The fourth-order valence-corrected chi connectivity index (χ4v) is 5.32. The van der Waals surface area contributed by atoms with Crippen molar-refractivity contribution in [2.45, 2.75) is 38.1 Å². The first-order chi connectivity index (χ1) is 18.4. The van der Waals surface area contributed by atoms with Crippen LogP contribution in [0.1, 0.15) is 46.7 Å². The molecule has 0 unspecified atom stereocenters. The molecule has 0 saturated carbocycles. The first-order valence-corrected chi connectivity index (χ1v) is 13.0. The topological polar surface area (TPSA) is 56.0 Å². The number of rotatable bonds is 9. The number of halogens is 3. The van der Waals surface area contributed by atoms with Crippen molar-refractivity contribution in [3.8, 4) is 11.1 Å². The van der Waals surface area contributed by atoms with Gasteiger partial charge in [0.15, 0.2) is 0 Å². The normalized spacial score (nSPS) is 13.2. The van der Waals surface area contributed by atoms with E-state index >= 15 is 0 Å². The van der Waals surface area contributed by atoms with Crippen molar-refractivity contribution in [1.29, 1.82) is 0 Å². The molecule has 4 aromatic rings. The van der Waals surface area contributed by atoms with Crippen LogP contribution in [-0.2, 0) is 24.2 Å². The van der Waals surface area contributed by atoms with Gasteiger partial charge in [-0.05, 0) is 82.6 Å². The van der Waals surface area contributed by atoms with E-state index in [0.717, 1.165) is 40.3 Å². The maximum absolute atomic E-state index is 14.0. The number of ketones is 1. The van der Waals surface area contributed by atoms with Crippen LogP contribution in [0.25, 0.3) is 16.7 Å². The Morgan fingerprint density at radius 1 is 0.947 bits per heavy atom. The number of carbonyl (C=O) groups is 1. The number of nitrogens with two attached hydrogens (primary N) is 1. The molecular formula is C32H27ClF2N2O. The molecule has 38 heavy (non-hydrogen) atoms. The third-order valence-corrected chi connectivity index (χ3v) is 7.22. The zero-order chi connectivity index (χ0) is 26.6. The maximum atomic E-state index is 14.0. The largest absolute Gasteiger partial charge is 0.326 e. The van der Waals surface area contributed by atoms with Gasteiger partial charge >= 0.3 is 0 Å². The second kappa shape index (κ2) is 11.4. The molecule has 0 radical (unpaired) electrons. The summed E-state index contributed by atoms with van der Waals surface area (Å²) in [5.74, 6) is -1.64. The molecule has 5 rings (SSSR count).